The third-order valence-electron chi connectivity index (χ3n) is 2.16. The molecule has 2 amide bonds. The average molecular weight is 276 g/mol. The van der Waals surface area contributed by atoms with Crippen LogP contribution in [0.5, 0.6) is 0 Å². The van der Waals surface area contributed by atoms with Gasteiger partial charge in [0, 0.05) is 7.11 Å². The molecule has 0 aliphatic carbocycles. The van der Waals surface area contributed by atoms with Gasteiger partial charge in [0.05, 0.1) is 25.7 Å². The predicted octanol–water partition coefficient (Wildman–Crippen LogP) is -0.273. The van der Waals surface area contributed by atoms with Gasteiger partial charge in [-0.05, 0) is 13.8 Å². The summed E-state index contributed by atoms with van der Waals surface area (Å²) in [6, 6.07) is -2.04. The molecule has 0 aromatic heterocycles. The van der Waals surface area contributed by atoms with Gasteiger partial charge in [0.1, 0.15) is 6.04 Å². The number of hydrogen-bond donors (Lipinski definition) is 3. The normalized spacial score (nSPS) is 12.4. The van der Waals surface area contributed by atoms with Crippen molar-refractivity contribution in [1.82, 2.24) is 10.6 Å². The van der Waals surface area contributed by atoms with Gasteiger partial charge < -0.3 is 25.2 Å². The first-order chi connectivity index (χ1) is 8.71. The molecule has 8 nitrogen and oxygen atoms in total. The first-order valence-electron chi connectivity index (χ1n) is 5.59. The van der Waals surface area contributed by atoms with Crippen molar-refractivity contribution in [3.05, 3.63) is 0 Å². The molecule has 0 aromatic rings. The Morgan fingerprint density at radius 1 is 1.26 bits per heavy atom. The van der Waals surface area contributed by atoms with E-state index in [0.717, 1.165) is 7.11 Å². The van der Waals surface area contributed by atoms with Crippen LogP contribution >= 0.6 is 0 Å². The molecule has 0 rings (SSSR count). The van der Waals surface area contributed by atoms with Crippen molar-refractivity contribution < 1.29 is 29.0 Å². The Hall–Kier alpha value is -1.83. The number of carbonyl (C=O) groups excluding carboxylic acids is 2. The lowest BCUT2D eigenvalue weighted by Crippen LogP contribution is -2.54. The Kier molecular flexibility index (Phi) is 6.84. The molecule has 0 fully saturated rings. The van der Waals surface area contributed by atoms with Gasteiger partial charge in [0.2, 0.25) is 0 Å². The molecule has 0 radical (unpaired) electrons. The third kappa shape index (κ3) is 7.24. The summed E-state index contributed by atoms with van der Waals surface area (Å²) in [6.07, 6.45) is -0.441. The van der Waals surface area contributed by atoms with E-state index in [1.165, 1.54) is 7.11 Å². The number of ether oxygens (including phenoxy) is 2. The molecular formula is C11H20N2O6. The fourth-order valence-corrected chi connectivity index (χ4v) is 1.35. The topological polar surface area (TPSA) is 114 Å². The zero-order chi connectivity index (χ0) is 15.1. The molecule has 110 valence electrons. The Labute approximate surface area is 111 Å². The molecule has 0 heterocycles. The van der Waals surface area contributed by atoms with E-state index in [1.54, 1.807) is 13.8 Å². The number of methoxy groups -OCH3 is 2. The van der Waals surface area contributed by atoms with Crippen LogP contribution in [0.1, 0.15) is 20.3 Å². The minimum Gasteiger partial charge on any atom is -0.480 e. The summed E-state index contributed by atoms with van der Waals surface area (Å²) in [5.41, 5.74) is -0.660. The number of esters is 1. The van der Waals surface area contributed by atoms with E-state index in [-0.39, 0.29) is 6.61 Å². The number of nitrogens with one attached hydrogen (secondary N) is 2. The summed E-state index contributed by atoms with van der Waals surface area (Å²) in [4.78, 5) is 33.5. The molecule has 0 bridgehead atoms. The van der Waals surface area contributed by atoms with Gasteiger partial charge in [-0.3, -0.25) is 4.79 Å². The molecule has 0 aliphatic heterocycles. The van der Waals surface area contributed by atoms with Crippen LogP contribution in [0.15, 0.2) is 0 Å². The molecule has 0 unspecified atom stereocenters. The van der Waals surface area contributed by atoms with Crippen LogP contribution in [0.2, 0.25) is 0 Å². The summed E-state index contributed by atoms with van der Waals surface area (Å²) in [5.74, 6) is -2.03. The van der Waals surface area contributed by atoms with Crippen molar-refractivity contribution in [1.29, 1.82) is 0 Å². The lowest BCUT2D eigenvalue weighted by molar-refractivity contribution is -0.147. The fourth-order valence-electron chi connectivity index (χ4n) is 1.35. The van der Waals surface area contributed by atoms with Crippen LogP contribution in [0.25, 0.3) is 0 Å². The van der Waals surface area contributed by atoms with E-state index in [1.807, 2.05) is 0 Å². The van der Waals surface area contributed by atoms with Crippen LogP contribution in [0.3, 0.4) is 0 Å². The van der Waals surface area contributed by atoms with Crippen molar-refractivity contribution in [3.8, 4) is 0 Å². The highest BCUT2D eigenvalue weighted by Crippen LogP contribution is 2.02. The number of rotatable bonds is 7. The fraction of sp³-hybridized carbons (Fsp3) is 0.727. The molecular weight excluding hydrogens is 256 g/mol. The van der Waals surface area contributed by atoms with E-state index in [0.29, 0.717) is 0 Å². The number of carbonyl (C=O) groups is 3. The number of carboxylic acids is 1. The maximum absolute atomic E-state index is 11.6. The Morgan fingerprint density at radius 2 is 1.84 bits per heavy atom. The molecule has 0 aliphatic rings. The lowest BCUT2D eigenvalue weighted by Gasteiger charge is -2.26. The first kappa shape index (κ1) is 17.2. The number of carboxylic acid groups (broad SMARTS) is 1. The molecule has 1 atom stereocenters. The molecule has 0 saturated heterocycles. The van der Waals surface area contributed by atoms with Crippen LogP contribution < -0.4 is 10.6 Å². The van der Waals surface area contributed by atoms with Crippen molar-refractivity contribution >= 4 is 18.0 Å². The third-order valence-corrected chi connectivity index (χ3v) is 2.16. The van der Waals surface area contributed by atoms with E-state index in [9.17, 15) is 14.4 Å². The lowest BCUT2D eigenvalue weighted by atomic mass is 10.1. The van der Waals surface area contributed by atoms with Crippen molar-refractivity contribution in [2.75, 3.05) is 20.8 Å². The molecule has 3 N–H and O–H groups in total. The van der Waals surface area contributed by atoms with Crippen molar-refractivity contribution in [3.63, 3.8) is 0 Å². The van der Waals surface area contributed by atoms with Crippen LogP contribution in [0.4, 0.5) is 4.79 Å². The summed E-state index contributed by atoms with van der Waals surface area (Å²) in [7, 11) is 2.63. The van der Waals surface area contributed by atoms with E-state index >= 15 is 0 Å². The average Bonchev–Trinajstić information content (AvgIpc) is 2.26. The molecule has 0 aromatic carbocycles. The van der Waals surface area contributed by atoms with Crippen molar-refractivity contribution in [2.45, 2.75) is 31.8 Å². The maximum atomic E-state index is 11.6. The molecule has 0 saturated carbocycles. The highest BCUT2D eigenvalue weighted by molar-refractivity contribution is 5.86. The quantitative estimate of drug-likeness (QED) is 0.551. The zero-order valence-corrected chi connectivity index (χ0v) is 11.5. The second-order valence-electron chi connectivity index (χ2n) is 4.59. The zero-order valence-electron chi connectivity index (χ0n) is 11.5. The highest BCUT2D eigenvalue weighted by Gasteiger charge is 2.26. The van der Waals surface area contributed by atoms with Gasteiger partial charge in [-0.2, -0.15) is 0 Å². The SMILES string of the molecule is COCC(C)(C)NC(=O)N[C@@H](CC(=O)OC)C(=O)O. The highest BCUT2D eigenvalue weighted by atomic mass is 16.5. The number of aliphatic carboxylic acids is 1. The van der Waals surface area contributed by atoms with Crippen molar-refractivity contribution in [2.24, 2.45) is 0 Å². The molecule has 8 heteroatoms. The largest absolute Gasteiger partial charge is 0.480 e. The predicted molar refractivity (Wildman–Crippen MR) is 65.7 cm³/mol. The first-order valence-corrected chi connectivity index (χ1v) is 5.59. The molecule has 19 heavy (non-hydrogen) atoms. The van der Waals surface area contributed by atoms with Gasteiger partial charge in [0.25, 0.3) is 0 Å². The Morgan fingerprint density at radius 3 is 2.26 bits per heavy atom. The van der Waals surface area contributed by atoms with Gasteiger partial charge in [0.15, 0.2) is 0 Å². The number of hydrogen-bond acceptors (Lipinski definition) is 5. The van der Waals surface area contributed by atoms with Gasteiger partial charge in [-0.25, -0.2) is 9.59 Å². The van der Waals surface area contributed by atoms with Gasteiger partial charge >= 0.3 is 18.0 Å². The summed E-state index contributed by atoms with van der Waals surface area (Å²) >= 11 is 0. The standard InChI is InChI=1S/C11H20N2O6/c1-11(2,6-18-3)13-10(17)12-7(9(15)16)5-8(14)19-4/h7H,5-6H2,1-4H3,(H,15,16)(H2,12,13,17)/t7-/m0/s1. The second-order valence-corrected chi connectivity index (χ2v) is 4.59. The van der Waals surface area contributed by atoms with E-state index in [4.69, 9.17) is 9.84 Å². The smallest absolute Gasteiger partial charge is 0.326 e. The summed E-state index contributed by atoms with van der Waals surface area (Å²) in [5, 5.41) is 13.6. The van der Waals surface area contributed by atoms with Gasteiger partial charge in [-0.1, -0.05) is 0 Å². The minimum atomic E-state index is -1.34. The van der Waals surface area contributed by atoms with E-state index < -0.39 is 36.0 Å². The van der Waals surface area contributed by atoms with Crippen LogP contribution in [-0.2, 0) is 19.1 Å². The minimum absolute atomic E-state index is 0.259. The Bertz CT molecular complexity index is 342. The number of amides is 2. The molecule has 0 spiro atoms. The number of urea groups is 1. The maximum Gasteiger partial charge on any atom is 0.326 e. The summed E-state index contributed by atoms with van der Waals surface area (Å²) in [6.45, 7) is 3.69. The summed E-state index contributed by atoms with van der Waals surface area (Å²) < 4.78 is 9.27. The van der Waals surface area contributed by atoms with Crippen LogP contribution in [0, 0.1) is 0 Å². The monoisotopic (exact) mass is 276 g/mol. The second kappa shape index (κ2) is 7.57. The van der Waals surface area contributed by atoms with Crippen LogP contribution in [-0.4, -0.2) is 55.5 Å². The van der Waals surface area contributed by atoms with E-state index in [2.05, 4.69) is 15.4 Å². The Balaban J connectivity index is 4.48. The van der Waals surface area contributed by atoms with Gasteiger partial charge in [-0.15, -0.1) is 0 Å².